The van der Waals surface area contributed by atoms with Gasteiger partial charge in [-0.2, -0.15) is 0 Å². The SMILES string of the molecule is Nc1ccc2ccnc3c2c1C(=O)c1ccccc1-3. The van der Waals surface area contributed by atoms with E-state index >= 15 is 0 Å². The van der Waals surface area contributed by atoms with Crippen LogP contribution in [0.5, 0.6) is 0 Å². The van der Waals surface area contributed by atoms with E-state index in [2.05, 4.69) is 4.98 Å². The van der Waals surface area contributed by atoms with E-state index in [0.717, 1.165) is 22.0 Å². The molecular formula is C16H10N2O. The lowest BCUT2D eigenvalue weighted by atomic mass is 9.85. The molecule has 0 bridgehead atoms. The van der Waals surface area contributed by atoms with Crippen LogP contribution in [0, 0.1) is 0 Å². The number of nitrogens with zero attached hydrogens (tertiary/aromatic N) is 1. The first-order valence-electron chi connectivity index (χ1n) is 6.08. The highest BCUT2D eigenvalue weighted by Crippen LogP contribution is 2.39. The van der Waals surface area contributed by atoms with E-state index in [4.69, 9.17) is 5.73 Å². The summed E-state index contributed by atoms with van der Waals surface area (Å²) in [4.78, 5) is 17.1. The van der Waals surface area contributed by atoms with Crippen LogP contribution in [0.25, 0.3) is 22.0 Å². The molecule has 0 fully saturated rings. The molecule has 90 valence electrons. The first kappa shape index (κ1) is 10.3. The molecule has 0 aliphatic heterocycles. The Labute approximate surface area is 109 Å². The molecule has 0 unspecified atom stereocenters. The van der Waals surface area contributed by atoms with Crippen LogP contribution in [0.1, 0.15) is 15.9 Å². The van der Waals surface area contributed by atoms with E-state index in [1.807, 2.05) is 36.4 Å². The summed E-state index contributed by atoms with van der Waals surface area (Å²) in [5.74, 6) is -0.0146. The maximum absolute atomic E-state index is 12.6. The number of benzene rings is 2. The minimum atomic E-state index is -0.0146. The summed E-state index contributed by atoms with van der Waals surface area (Å²) in [5.41, 5.74) is 9.50. The van der Waals surface area contributed by atoms with Gasteiger partial charge < -0.3 is 5.73 Å². The third-order valence-corrected chi connectivity index (χ3v) is 3.62. The zero-order valence-corrected chi connectivity index (χ0v) is 10.1. The van der Waals surface area contributed by atoms with Crippen LogP contribution in [-0.4, -0.2) is 10.8 Å². The van der Waals surface area contributed by atoms with Gasteiger partial charge in [-0.1, -0.05) is 30.3 Å². The van der Waals surface area contributed by atoms with Gasteiger partial charge in [0.15, 0.2) is 5.78 Å². The molecule has 3 nitrogen and oxygen atoms in total. The number of carbonyl (C=O) groups excluding carboxylic acids is 1. The fourth-order valence-corrected chi connectivity index (χ4v) is 2.76. The zero-order valence-electron chi connectivity index (χ0n) is 10.1. The highest BCUT2D eigenvalue weighted by atomic mass is 16.1. The average molecular weight is 246 g/mol. The van der Waals surface area contributed by atoms with Crippen LogP contribution in [0.2, 0.25) is 0 Å². The minimum Gasteiger partial charge on any atom is -0.398 e. The van der Waals surface area contributed by atoms with E-state index in [1.165, 1.54) is 0 Å². The van der Waals surface area contributed by atoms with Gasteiger partial charge in [0.2, 0.25) is 0 Å². The van der Waals surface area contributed by atoms with Gasteiger partial charge in [0.1, 0.15) is 0 Å². The number of nitrogen functional groups attached to an aromatic ring is 1. The van der Waals surface area contributed by atoms with Gasteiger partial charge in [0.25, 0.3) is 0 Å². The summed E-state index contributed by atoms with van der Waals surface area (Å²) in [7, 11) is 0. The third-order valence-electron chi connectivity index (χ3n) is 3.62. The first-order chi connectivity index (χ1) is 9.27. The van der Waals surface area contributed by atoms with Crippen molar-refractivity contribution >= 4 is 22.2 Å². The zero-order chi connectivity index (χ0) is 13.0. The van der Waals surface area contributed by atoms with Crippen molar-refractivity contribution < 1.29 is 4.79 Å². The number of aromatic nitrogens is 1. The highest BCUT2D eigenvalue weighted by Gasteiger charge is 2.27. The van der Waals surface area contributed by atoms with Gasteiger partial charge >= 0.3 is 0 Å². The lowest BCUT2D eigenvalue weighted by Crippen LogP contribution is -2.13. The highest BCUT2D eigenvalue weighted by molar-refractivity contribution is 6.27. The van der Waals surface area contributed by atoms with Crippen molar-refractivity contribution in [3.8, 4) is 11.3 Å². The number of anilines is 1. The smallest absolute Gasteiger partial charge is 0.196 e. The van der Waals surface area contributed by atoms with Crippen molar-refractivity contribution in [3.63, 3.8) is 0 Å². The van der Waals surface area contributed by atoms with Crippen molar-refractivity contribution in [2.45, 2.75) is 0 Å². The van der Waals surface area contributed by atoms with Crippen LogP contribution in [-0.2, 0) is 0 Å². The molecule has 2 aromatic carbocycles. The van der Waals surface area contributed by atoms with E-state index in [9.17, 15) is 4.79 Å². The normalized spacial score (nSPS) is 12.5. The molecule has 0 radical (unpaired) electrons. The van der Waals surface area contributed by atoms with Crippen LogP contribution >= 0.6 is 0 Å². The number of nitrogens with two attached hydrogens (primary N) is 1. The molecule has 1 aromatic heterocycles. The lowest BCUT2D eigenvalue weighted by molar-refractivity contribution is 0.104. The maximum atomic E-state index is 12.6. The van der Waals surface area contributed by atoms with Gasteiger partial charge in [-0.3, -0.25) is 9.78 Å². The number of ketones is 1. The average Bonchev–Trinajstić information content (AvgIpc) is 2.45. The molecule has 0 atom stereocenters. The molecule has 1 aliphatic rings. The van der Waals surface area contributed by atoms with Crippen molar-refractivity contribution in [3.05, 3.63) is 59.8 Å². The number of fused-ring (bicyclic) bond motifs is 2. The van der Waals surface area contributed by atoms with Gasteiger partial charge in [-0.25, -0.2) is 0 Å². The van der Waals surface area contributed by atoms with E-state index in [0.29, 0.717) is 16.8 Å². The summed E-state index contributed by atoms with van der Waals surface area (Å²) >= 11 is 0. The summed E-state index contributed by atoms with van der Waals surface area (Å²) < 4.78 is 0. The standard InChI is InChI=1S/C16H10N2O/c17-12-6-5-9-7-8-18-15-10-3-1-2-4-11(10)16(19)14(12)13(9)15/h1-8H,17H2. The minimum absolute atomic E-state index is 0.0146. The molecular weight excluding hydrogens is 236 g/mol. The summed E-state index contributed by atoms with van der Waals surface area (Å²) in [6.45, 7) is 0. The van der Waals surface area contributed by atoms with E-state index in [1.54, 1.807) is 12.3 Å². The predicted molar refractivity (Wildman–Crippen MR) is 75.0 cm³/mol. The Bertz CT molecular complexity index is 852. The van der Waals surface area contributed by atoms with Gasteiger partial charge in [0, 0.05) is 28.4 Å². The summed E-state index contributed by atoms with van der Waals surface area (Å²) in [6.07, 6.45) is 1.77. The monoisotopic (exact) mass is 246 g/mol. The summed E-state index contributed by atoms with van der Waals surface area (Å²) in [6, 6.07) is 13.2. The third kappa shape index (κ3) is 1.21. The molecule has 19 heavy (non-hydrogen) atoms. The van der Waals surface area contributed by atoms with Crippen LogP contribution in [0.3, 0.4) is 0 Å². The van der Waals surface area contributed by atoms with Crippen LogP contribution in [0.15, 0.2) is 48.7 Å². The van der Waals surface area contributed by atoms with E-state index in [-0.39, 0.29) is 5.78 Å². The molecule has 3 heteroatoms. The Morgan fingerprint density at radius 1 is 0.947 bits per heavy atom. The second-order valence-electron chi connectivity index (χ2n) is 4.66. The summed E-state index contributed by atoms with van der Waals surface area (Å²) in [5, 5.41) is 1.86. The number of carbonyl (C=O) groups is 1. The molecule has 1 heterocycles. The second-order valence-corrected chi connectivity index (χ2v) is 4.66. The quantitative estimate of drug-likeness (QED) is 0.485. The molecule has 4 rings (SSSR count). The van der Waals surface area contributed by atoms with Gasteiger partial charge in [0.05, 0.1) is 11.3 Å². The Morgan fingerprint density at radius 3 is 2.58 bits per heavy atom. The van der Waals surface area contributed by atoms with E-state index < -0.39 is 0 Å². The second kappa shape index (κ2) is 3.42. The predicted octanol–water partition coefficient (Wildman–Crippen LogP) is 3.03. The number of rotatable bonds is 0. The Kier molecular flexibility index (Phi) is 1.85. The number of hydrogen-bond donors (Lipinski definition) is 1. The van der Waals surface area contributed by atoms with Crippen molar-refractivity contribution in [1.82, 2.24) is 4.98 Å². The van der Waals surface area contributed by atoms with Gasteiger partial charge in [-0.15, -0.1) is 0 Å². The molecule has 1 aliphatic carbocycles. The van der Waals surface area contributed by atoms with Crippen molar-refractivity contribution in [2.75, 3.05) is 5.73 Å². The molecule has 0 saturated heterocycles. The van der Waals surface area contributed by atoms with Crippen molar-refractivity contribution in [2.24, 2.45) is 0 Å². The van der Waals surface area contributed by atoms with Crippen LogP contribution in [0.4, 0.5) is 5.69 Å². The lowest BCUT2D eigenvalue weighted by Gasteiger charge is -2.19. The Balaban J connectivity index is 2.30. The molecule has 0 amide bonds. The molecule has 0 spiro atoms. The topological polar surface area (TPSA) is 56.0 Å². The first-order valence-corrected chi connectivity index (χ1v) is 6.08. The molecule has 3 aromatic rings. The fourth-order valence-electron chi connectivity index (χ4n) is 2.76. The van der Waals surface area contributed by atoms with Crippen molar-refractivity contribution in [1.29, 1.82) is 0 Å². The van der Waals surface area contributed by atoms with Crippen LogP contribution < -0.4 is 5.73 Å². The Morgan fingerprint density at radius 2 is 1.74 bits per heavy atom. The Hall–Kier alpha value is -2.68. The largest absolute Gasteiger partial charge is 0.398 e. The molecule has 0 saturated carbocycles. The maximum Gasteiger partial charge on any atom is 0.196 e. The molecule has 2 N–H and O–H groups in total. The number of pyridine rings is 1. The van der Waals surface area contributed by atoms with Gasteiger partial charge in [-0.05, 0) is 17.5 Å². The fraction of sp³-hybridized carbons (Fsp3) is 0. The number of hydrogen-bond acceptors (Lipinski definition) is 3.